The smallest absolute Gasteiger partial charge is 0.273 e. The van der Waals surface area contributed by atoms with Gasteiger partial charge < -0.3 is 14.3 Å². The molecule has 0 aromatic carbocycles. The minimum absolute atomic E-state index is 0.0623. The Morgan fingerprint density at radius 1 is 1.41 bits per heavy atom. The molecule has 1 amide bonds. The van der Waals surface area contributed by atoms with Gasteiger partial charge >= 0.3 is 0 Å². The van der Waals surface area contributed by atoms with Gasteiger partial charge in [-0.05, 0) is 45.0 Å². The zero-order valence-corrected chi connectivity index (χ0v) is 12.7. The van der Waals surface area contributed by atoms with Crippen molar-refractivity contribution in [1.29, 1.82) is 0 Å². The maximum absolute atomic E-state index is 12.1. The summed E-state index contributed by atoms with van der Waals surface area (Å²) in [7, 11) is 0. The second-order valence-electron chi connectivity index (χ2n) is 5.66. The maximum Gasteiger partial charge on any atom is 0.273 e. The summed E-state index contributed by atoms with van der Waals surface area (Å²) in [5.41, 5.74) is 0.314. The van der Waals surface area contributed by atoms with Crippen LogP contribution in [0.25, 0.3) is 0 Å². The molecule has 0 aliphatic carbocycles. The van der Waals surface area contributed by atoms with Crippen LogP contribution >= 0.6 is 0 Å². The van der Waals surface area contributed by atoms with Crippen LogP contribution in [-0.4, -0.2) is 35.6 Å². The Hall–Kier alpha value is -2.08. The minimum atomic E-state index is -0.217. The summed E-state index contributed by atoms with van der Waals surface area (Å²) in [6.07, 6.45) is 5.32. The number of piperidine rings is 1. The van der Waals surface area contributed by atoms with Gasteiger partial charge in [-0.25, -0.2) is 0 Å². The number of likely N-dealkylation sites (tertiary alicyclic amines) is 1. The van der Waals surface area contributed by atoms with E-state index in [4.69, 9.17) is 8.94 Å². The maximum atomic E-state index is 12.1. The first kappa shape index (κ1) is 14.8. The van der Waals surface area contributed by atoms with E-state index in [2.05, 4.69) is 15.4 Å². The van der Waals surface area contributed by atoms with Crippen molar-refractivity contribution in [2.24, 2.45) is 0 Å². The molecule has 0 unspecified atom stereocenters. The third-order valence-corrected chi connectivity index (χ3v) is 4.02. The Morgan fingerprint density at radius 2 is 2.23 bits per heavy atom. The number of aryl methyl sites for hydroxylation is 1. The molecule has 118 valence electrons. The van der Waals surface area contributed by atoms with Crippen LogP contribution in [0.1, 0.15) is 47.3 Å². The Kier molecular flexibility index (Phi) is 4.58. The number of aromatic nitrogens is 1. The van der Waals surface area contributed by atoms with Crippen LogP contribution in [-0.2, 0) is 0 Å². The second kappa shape index (κ2) is 6.79. The number of carbonyl (C=O) groups is 1. The highest BCUT2D eigenvalue weighted by Crippen LogP contribution is 2.24. The van der Waals surface area contributed by atoms with Crippen LogP contribution in [0, 0.1) is 6.92 Å². The molecule has 22 heavy (non-hydrogen) atoms. The number of hydrogen-bond donors (Lipinski definition) is 1. The largest absolute Gasteiger partial charge is 0.468 e. The van der Waals surface area contributed by atoms with E-state index >= 15 is 0 Å². The molecule has 1 aliphatic rings. The lowest BCUT2D eigenvalue weighted by Gasteiger charge is -2.33. The van der Waals surface area contributed by atoms with Crippen LogP contribution in [0.2, 0.25) is 0 Å². The van der Waals surface area contributed by atoms with Gasteiger partial charge in [0, 0.05) is 12.6 Å². The summed E-state index contributed by atoms with van der Waals surface area (Å²) in [6, 6.07) is 5.55. The fourth-order valence-corrected chi connectivity index (χ4v) is 2.87. The Labute approximate surface area is 129 Å². The van der Waals surface area contributed by atoms with Gasteiger partial charge in [-0.1, -0.05) is 11.6 Å². The van der Waals surface area contributed by atoms with Crippen molar-refractivity contribution >= 4 is 5.91 Å². The average molecular weight is 303 g/mol. The molecule has 1 fully saturated rings. The highest BCUT2D eigenvalue weighted by Gasteiger charge is 2.25. The lowest BCUT2D eigenvalue weighted by atomic mass is 10.1. The number of carbonyl (C=O) groups excluding carboxylic acids is 1. The molecule has 1 saturated heterocycles. The van der Waals surface area contributed by atoms with E-state index in [9.17, 15) is 4.79 Å². The van der Waals surface area contributed by atoms with E-state index in [0.29, 0.717) is 18.0 Å². The summed E-state index contributed by atoms with van der Waals surface area (Å²) < 4.78 is 10.5. The standard InChI is InChI=1S/C16H21N3O3/c1-12-10-13(18-22-12)16(20)17-11-14(15-6-5-9-21-15)19-7-3-2-4-8-19/h5-6,9-10,14H,2-4,7-8,11H2,1H3,(H,17,20)/t14-/m0/s1. The third-order valence-electron chi connectivity index (χ3n) is 4.02. The molecule has 0 bridgehead atoms. The predicted octanol–water partition coefficient (Wildman–Crippen LogP) is 2.53. The van der Waals surface area contributed by atoms with Crippen LogP contribution < -0.4 is 5.32 Å². The van der Waals surface area contributed by atoms with Crippen molar-refractivity contribution in [3.8, 4) is 0 Å². The molecule has 0 saturated carbocycles. The molecule has 1 atom stereocenters. The summed E-state index contributed by atoms with van der Waals surface area (Å²) >= 11 is 0. The normalized spacial score (nSPS) is 17.3. The van der Waals surface area contributed by atoms with Crippen molar-refractivity contribution in [1.82, 2.24) is 15.4 Å². The molecule has 1 N–H and O–H groups in total. The first-order valence-corrected chi connectivity index (χ1v) is 7.73. The minimum Gasteiger partial charge on any atom is -0.468 e. The fraction of sp³-hybridized carbons (Fsp3) is 0.500. The van der Waals surface area contributed by atoms with Gasteiger partial charge in [0.2, 0.25) is 0 Å². The fourth-order valence-electron chi connectivity index (χ4n) is 2.87. The van der Waals surface area contributed by atoms with Gasteiger partial charge in [-0.3, -0.25) is 9.69 Å². The lowest BCUT2D eigenvalue weighted by Crippen LogP contribution is -2.40. The van der Waals surface area contributed by atoms with Gasteiger partial charge in [-0.2, -0.15) is 0 Å². The average Bonchev–Trinajstić information content (AvgIpc) is 3.20. The molecule has 2 aromatic rings. The molecule has 3 rings (SSSR count). The number of furan rings is 1. The van der Waals surface area contributed by atoms with Crippen molar-refractivity contribution in [2.75, 3.05) is 19.6 Å². The molecular weight excluding hydrogens is 282 g/mol. The van der Waals surface area contributed by atoms with E-state index in [1.54, 1.807) is 19.3 Å². The molecular formula is C16H21N3O3. The van der Waals surface area contributed by atoms with Crippen LogP contribution in [0.5, 0.6) is 0 Å². The first-order valence-electron chi connectivity index (χ1n) is 7.73. The quantitative estimate of drug-likeness (QED) is 0.919. The van der Waals surface area contributed by atoms with Gasteiger partial charge in [0.1, 0.15) is 11.5 Å². The second-order valence-corrected chi connectivity index (χ2v) is 5.66. The molecule has 0 spiro atoms. The number of hydrogen-bond acceptors (Lipinski definition) is 5. The molecule has 6 heteroatoms. The van der Waals surface area contributed by atoms with Gasteiger partial charge in [0.25, 0.3) is 5.91 Å². The first-order chi connectivity index (χ1) is 10.7. The van der Waals surface area contributed by atoms with Gasteiger partial charge in [0.15, 0.2) is 5.69 Å². The number of nitrogens with one attached hydrogen (secondary N) is 1. The zero-order valence-electron chi connectivity index (χ0n) is 12.7. The van der Waals surface area contributed by atoms with Crippen molar-refractivity contribution in [2.45, 2.75) is 32.2 Å². The summed E-state index contributed by atoms with van der Waals surface area (Å²) in [5, 5.41) is 6.68. The summed E-state index contributed by atoms with van der Waals surface area (Å²) in [5.74, 6) is 1.30. The van der Waals surface area contributed by atoms with E-state index in [1.165, 1.54) is 19.3 Å². The summed E-state index contributed by atoms with van der Waals surface area (Å²) in [4.78, 5) is 14.5. The molecule has 0 radical (unpaired) electrons. The number of nitrogens with zero attached hydrogens (tertiary/aromatic N) is 2. The van der Waals surface area contributed by atoms with E-state index in [0.717, 1.165) is 18.8 Å². The van der Waals surface area contributed by atoms with Crippen molar-refractivity contribution in [3.63, 3.8) is 0 Å². The number of rotatable bonds is 5. The Bertz CT molecular complexity index is 600. The Balaban J connectivity index is 1.66. The van der Waals surface area contributed by atoms with Gasteiger partial charge in [0.05, 0.1) is 12.3 Å². The molecule has 1 aliphatic heterocycles. The zero-order chi connectivity index (χ0) is 15.4. The SMILES string of the molecule is Cc1cc(C(=O)NC[C@@H](c2ccco2)N2CCCCC2)no1. The molecule has 6 nitrogen and oxygen atoms in total. The summed E-state index contributed by atoms with van der Waals surface area (Å²) in [6.45, 7) is 4.33. The topological polar surface area (TPSA) is 71.5 Å². The van der Waals surface area contributed by atoms with Crippen LogP contribution in [0.4, 0.5) is 0 Å². The molecule has 3 heterocycles. The monoisotopic (exact) mass is 303 g/mol. The van der Waals surface area contributed by atoms with Crippen LogP contribution in [0.15, 0.2) is 33.4 Å². The molecule has 2 aromatic heterocycles. The lowest BCUT2D eigenvalue weighted by molar-refractivity contribution is 0.0905. The third kappa shape index (κ3) is 3.39. The highest BCUT2D eigenvalue weighted by atomic mass is 16.5. The van der Waals surface area contributed by atoms with Crippen molar-refractivity contribution < 1.29 is 13.7 Å². The van der Waals surface area contributed by atoms with Crippen molar-refractivity contribution in [3.05, 3.63) is 41.7 Å². The predicted molar refractivity (Wildman–Crippen MR) is 80.4 cm³/mol. The highest BCUT2D eigenvalue weighted by molar-refractivity contribution is 5.92. The van der Waals surface area contributed by atoms with E-state index < -0.39 is 0 Å². The van der Waals surface area contributed by atoms with E-state index in [1.807, 2.05) is 12.1 Å². The number of amides is 1. The van der Waals surface area contributed by atoms with Gasteiger partial charge in [-0.15, -0.1) is 0 Å². The Morgan fingerprint density at radius 3 is 2.86 bits per heavy atom. The van der Waals surface area contributed by atoms with E-state index in [-0.39, 0.29) is 11.9 Å². The van der Waals surface area contributed by atoms with Crippen LogP contribution in [0.3, 0.4) is 0 Å².